The molecule has 0 bridgehead atoms. The molecule has 2 heterocycles. The van der Waals surface area contributed by atoms with Gasteiger partial charge in [-0.15, -0.1) is 11.3 Å². The first kappa shape index (κ1) is 14.7. The summed E-state index contributed by atoms with van der Waals surface area (Å²) in [7, 11) is 0. The Balaban J connectivity index is 1.95. The highest BCUT2D eigenvalue weighted by Crippen LogP contribution is 2.22. The maximum atomic E-state index is 11.1. The molecule has 0 aliphatic rings. The number of aromatic nitrogens is 2. The van der Waals surface area contributed by atoms with E-state index in [1.54, 1.807) is 0 Å². The molecular weight excluding hydrogens is 278 g/mol. The van der Waals surface area contributed by atoms with Crippen LogP contribution in [0.25, 0.3) is 10.8 Å². The van der Waals surface area contributed by atoms with Gasteiger partial charge in [-0.2, -0.15) is 4.98 Å². The Morgan fingerprint density at radius 1 is 1.55 bits per heavy atom. The summed E-state index contributed by atoms with van der Waals surface area (Å²) in [6, 6.07) is 3.21. The molecule has 0 spiro atoms. The molecule has 0 amide bonds. The fraction of sp³-hybridized carbons (Fsp3) is 0.462. The zero-order valence-electron chi connectivity index (χ0n) is 11.4. The molecule has 0 fully saturated rings. The molecule has 108 valence electrons. The normalized spacial score (nSPS) is 12.8. The van der Waals surface area contributed by atoms with Gasteiger partial charge in [0.1, 0.15) is 6.04 Å². The quantitative estimate of drug-likeness (QED) is 0.815. The summed E-state index contributed by atoms with van der Waals surface area (Å²) >= 11 is 1.52. The molecule has 0 saturated heterocycles. The van der Waals surface area contributed by atoms with Gasteiger partial charge >= 0.3 is 5.97 Å². The van der Waals surface area contributed by atoms with E-state index in [1.807, 2.05) is 31.4 Å². The van der Waals surface area contributed by atoms with E-state index < -0.39 is 12.0 Å². The van der Waals surface area contributed by atoms with Crippen molar-refractivity contribution in [3.8, 4) is 10.8 Å². The van der Waals surface area contributed by atoms with Gasteiger partial charge < -0.3 is 9.63 Å². The van der Waals surface area contributed by atoms with Crippen LogP contribution in [0.2, 0.25) is 0 Å². The molecular formula is C13H17N3O3S. The predicted molar refractivity (Wildman–Crippen MR) is 75.3 cm³/mol. The Hall–Kier alpha value is -1.73. The van der Waals surface area contributed by atoms with Crippen molar-refractivity contribution in [1.82, 2.24) is 15.5 Å². The second kappa shape index (κ2) is 6.62. The minimum atomic E-state index is -0.860. The van der Waals surface area contributed by atoms with Crippen LogP contribution < -0.4 is 5.32 Å². The molecule has 2 N–H and O–H groups in total. The van der Waals surface area contributed by atoms with Gasteiger partial charge in [0.15, 0.2) is 5.82 Å². The molecule has 1 unspecified atom stereocenters. The van der Waals surface area contributed by atoms with Crippen molar-refractivity contribution in [2.75, 3.05) is 0 Å². The second-order valence-corrected chi connectivity index (χ2v) is 5.84. The molecule has 0 aromatic carbocycles. The Morgan fingerprint density at radius 2 is 2.35 bits per heavy atom. The number of rotatable bonds is 7. The molecule has 2 rings (SSSR count). The number of aliphatic carboxylic acids is 1. The summed E-state index contributed by atoms with van der Waals surface area (Å²) in [5.74, 6) is 0.368. The summed E-state index contributed by atoms with van der Waals surface area (Å²) in [6.07, 6.45) is 0.560. The smallest absolute Gasteiger partial charge is 0.320 e. The molecule has 0 aliphatic carbocycles. The van der Waals surface area contributed by atoms with Crippen LogP contribution in [-0.4, -0.2) is 27.3 Å². The van der Waals surface area contributed by atoms with Crippen LogP contribution in [0.4, 0.5) is 0 Å². The summed E-state index contributed by atoms with van der Waals surface area (Å²) in [5.41, 5.74) is 0. The van der Waals surface area contributed by atoms with E-state index in [0.717, 1.165) is 4.88 Å². The molecule has 7 heteroatoms. The average molecular weight is 295 g/mol. The van der Waals surface area contributed by atoms with Crippen molar-refractivity contribution in [2.45, 2.75) is 32.9 Å². The van der Waals surface area contributed by atoms with Crippen molar-refractivity contribution in [1.29, 1.82) is 0 Å². The molecule has 20 heavy (non-hydrogen) atoms. The zero-order valence-corrected chi connectivity index (χ0v) is 12.2. The Labute approximate surface area is 120 Å². The number of carboxylic acid groups (broad SMARTS) is 1. The van der Waals surface area contributed by atoms with Crippen molar-refractivity contribution < 1.29 is 14.4 Å². The van der Waals surface area contributed by atoms with Gasteiger partial charge in [0.05, 0.1) is 11.4 Å². The first-order valence-corrected chi connectivity index (χ1v) is 7.27. The maximum Gasteiger partial charge on any atom is 0.320 e. The maximum absolute atomic E-state index is 11.1. The predicted octanol–water partition coefficient (Wildman–Crippen LogP) is 2.39. The topological polar surface area (TPSA) is 88.3 Å². The van der Waals surface area contributed by atoms with E-state index in [-0.39, 0.29) is 6.54 Å². The second-order valence-electron chi connectivity index (χ2n) is 4.89. The van der Waals surface area contributed by atoms with Gasteiger partial charge in [0.25, 0.3) is 5.89 Å². The zero-order chi connectivity index (χ0) is 14.5. The number of nitrogens with one attached hydrogen (secondary N) is 1. The van der Waals surface area contributed by atoms with E-state index in [1.165, 1.54) is 11.3 Å². The monoisotopic (exact) mass is 295 g/mol. The molecule has 2 aromatic heterocycles. The number of nitrogens with zero attached hydrogens (tertiary/aromatic N) is 2. The van der Waals surface area contributed by atoms with Crippen LogP contribution >= 0.6 is 11.3 Å². The molecule has 0 aliphatic heterocycles. The number of hydrogen-bond donors (Lipinski definition) is 2. The van der Waals surface area contributed by atoms with Crippen LogP contribution in [0.1, 0.15) is 26.1 Å². The standard InChI is InChI=1S/C13H17N3O3S/c1-8(2)6-9(13(17)18)14-7-11-15-12(19-16-11)10-4-3-5-20-10/h3-5,8-9,14H,6-7H2,1-2H3,(H,17,18). The fourth-order valence-electron chi connectivity index (χ4n) is 1.78. The van der Waals surface area contributed by atoms with Gasteiger partial charge in [0, 0.05) is 0 Å². The average Bonchev–Trinajstić information content (AvgIpc) is 3.03. The van der Waals surface area contributed by atoms with Gasteiger partial charge in [-0.25, -0.2) is 0 Å². The van der Waals surface area contributed by atoms with E-state index in [4.69, 9.17) is 9.63 Å². The van der Waals surface area contributed by atoms with Gasteiger partial charge in [-0.1, -0.05) is 25.1 Å². The summed E-state index contributed by atoms with van der Waals surface area (Å²) < 4.78 is 5.14. The van der Waals surface area contributed by atoms with Crippen molar-refractivity contribution in [3.05, 3.63) is 23.3 Å². The fourth-order valence-corrected chi connectivity index (χ4v) is 2.43. The third-order valence-electron chi connectivity index (χ3n) is 2.71. The van der Waals surface area contributed by atoms with Gasteiger partial charge in [0.2, 0.25) is 0 Å². The Kier molecular flexibility index (Phi) is 4.86. The third kappa shape index (κ3) is 3.88. The third-order valence-corrected chi connectivity index (χ3v) is 3.57. The first-order valence-electron chi connectivity index (χ1n) is 6.39. The lowest BCUT2D eigenvalue weighted by atomic mass is 10.0. The largest absolute Gasteiger partial charge is 0.480 e. The Morgan fingerprint density at radius 3 is 2.95 bits per heavy atom. The molecule has 0 saturated carbocycles. The van der Waals surface area contributed by atoms with Crippen LogP contribution in [0.5, 0.6) is 0 Å². The van der Waals surface area contributed by atoms with Crippen LogP contribution in [-0.2, 0) is 11.3 Å². The SMILES string of the molecule is CC(C)CC(NCc1noc(-c2cccs2)n1)C(=O)O. The lowest BCUT2D eigenvalue weighted by molar-refractivity contribution is -0.140. The molecule has 1 atom stereocenters. The van der Waals surface area contributed by atoms with Crippen LogP contribution in [0.15, 0.2) is 22.0 Å². The van der Waals surface area contributed by atoms with Crippen molar-refractivity contribution >= 4 is 17.3 Å². The van der Waals surface area contributed by atoms with Crippen molar-refractivity contribution in [2.24, 2.45) is 5.92 Å². The van der Waals surface area contributed by atoms with E-state index in [9.17, 15) is 4.79 Å². The highest BCUT2D eigenvalue weighted by molar-refractivity contribution is 7.13. The van der Waals surface area contributed by atoms with E-state index >= 15 is 0 Å². The minimum Gasteiger partial charge on any atom is -0.480 e. The van der Waals surface area contributed by atoms with Crippen molar-refractivity contribution in [3.63, 3.8) is 0 Å². The van der Waals surface area contributed by atoms with Gasteiger partial charge in [-0.3, -0.25) is 10.1 Å². The number of carbonyl (C=O) groups is 1. The molecule has 6 nitrogen and oxygen atoms in total. The minimum absolute atomic E-state index is 0.276. The molecule has 2 aromatic rings. The summed E-state index contributed by atoms with van der Waals surface area (Å²) in [4.78, 5) is 16.3. The number of carboxylic acids is 1. The summed E-state index contributed by atoms with van der Waals surface area (Å²) in [6.45, 7) is 4.25. The van der Waals surface area contributed by atoms with Crippen LogP contribution in [0, 0.1) is 5.92 Å². The first-order chi connectivity index (χ1) is 9.56. The number of thiophene rings is 1. The number of hydrogen-bond acceptors (Lipinski definition) is 6. The highest BCUT2D eigenvalue weighted by Gasteiger charge is 2.19. The lowest BCUT2D eigenvalue weighted by Gasteiger charge is -2.14. The van der Waals surface area contributed by atoms with Gasteiger partial charge in [-0.05, 0) is 23.8 Å². The molecule has 0 radical (unpaired) electrons. The van der Waals surface area contributed by atoms with E-state index in [2.05, 4.69) is 15.5 Å². The van der Waals surface area contributed by atoms with E-state index in [0.29, 0.717) is 24.1 Å². The summed E-state index contributed by atoms with van der Waals surface area (Å²) in [5, 5.41) is 17.9. The highest BCUT2D eigenvalue weighted by atomic mass is 32.1. The Bertz CT molecular complexity index is 551. The van der Waals surface area contributed by atoms with Crippen LogP contribution in [0.3, 0.4) is 0 Å². The lowest BCUT2D eigenvalue weighted by Crippen LogP contribution is -2.37.